The molecule has 0 heterocycles. The van der Waals surface area contributed by atoms with E-state index in [1.807, 2.05) is 89.8 Å². The lowest BCUT2D eigenvalue weighted by molar-refractivity contribution is 0.0730. The fraction of sp³-hybridized carbons (Fsp3) is 0.0870. The Morgan fingerprint density at radius 3 is 1.68 bits per heavy atom. The SMILES string of the molecule is C=Cc1ccc(C(=O)N(Cc2ccccc2)Cc2ccccc2)cc1. The third kappa shape index (κ3) is 4.45. The van der Waals surface area contributed by atoms with E-state index in [1.165, 1.54) is 0 Å². The zero-order valence-electron chi connectivity index (χ0n) is 14.1. The Hall–Kier alpha value is -3.13. The Bertz CT molecular complexity index is 781. The fourth-order valence-electron chi connectivity index (χ4n) is 2.75. The van der Waals surface area contributed by atoms with Crippen molar-refractivity contribution in [3.05, 3.63) is 114 Å². The van der Waals surface area contributed by atoms with Crippen LogP contribution in [0.5, 0.6) is 0 Å². The van der Waals surface area contributed by atoms with Crippen molar-refractivity contribution < 1.29 is 4.79 Å². The minimum Gasteiger partial charge on any atom is -0.330 e. The Morgan fingerprint density at radius 2 is 1.24 bits per heavy atom. The lowest BCUT2D eigenvalue weighted by Gasteiger charge is -2.23. The number of hydrogen-bond donors (Lipinski definition) is 0. The quantitative estimate of drug-likeness (QED) is 0.611. The van der Waals surface area contributed by atoms with E-state index in [-0.39, 0.29) is 5.91 Å². The Labute approximate surface area is 149 Å². The summed E-state index contributed by atoms with van der Waals surface area (Å²) in [7, 11) is 0. The third-order valence-corrected chi connectivity index (χ3v) is 4.11. The molecule has 0 spiro atoms. The molecule has 0 aliphatic rings. The van der Waals surface area contributed by atoms with Crippen molar-refractivity contribution in [1.82, 2.24) is 4.90 Å². The average molecular weight is 327 g/mol. The maximum absolute atomic E-state index is 13.1. The van der Waals surface area contributed by atoms with Crippen LogP contribution < -0.4 is 0 Å². The van der Waals surface area contributed by atoms with Gasteiger partial charge in [0, 0.05) is 18.7 Å². The molecule has 25 heavy (non-hydrogen) atoms. The molecule has 3 aromatic rings. The molecule has 0 fully saturated rings. The van der Waals surface area contributed by atoms with E-state index in [1.54, 1.807) is 6.08 Å². The number of benzene rings is 3. The largest absolute Gasteiger partial charge is 0.330 e. The summed E-state index contributed by atoms with van der Waals surface area (Å²) in [6.07, 6.45) is 1.78. The molecule has 0 unspecified atom stereocenters. The summed E-state index contributed by atoms with van der Waals surface area (Å²) in [4.78, 5) is 14.9. The van der Waals surface area contributed by atoms with Gasteiger partial charge in [-0.2, -0.15) is 0 Å². The van der Waals surface area contributed by atoms with Crippen LogP contribution in [0.4, 0.5) is 0 Å². The highest BCUT2D eigenvalue weighted by Gasteiger charge is 2.16. The molecule has 0 aromatic heterocycles. The predicted octanol–water partition coefficient (Wildman–Crippen LogP) is 5.17. The molecule has 3 aromatic carbocycles. The zero-order valence-corrected chi connectivity index (χ0v) is 14.1. The van der Waals surface area contributed by atoms with Crippen molar-refractivity contribution >= 4 is 12.0 Å². The van der Waals surface area contributed by atoms with Crippen LogP contribution >= 0.6 is 0 Å². The lowest BCUT2D eigenvalue weighted by atomic mass is 10.1. The molecule has 0 aliphatic heterocycles. The molecule has 0 bridgehead atoms. The van der Waals surface area contributed by atoms with Gasteiger partial charge in [0.1, 0.15) is 0 Å². The highest BCUT2D eigenvalue weighted by molar-refractivity contribution is 5.94. The zero-order chi connectivity index (χ0) is 17.5. The van der Waals surface area contributed by atoms with Gasteiger partial charge in [0.25, 0.3) is 5.91 Å². The van der Waals surface area contributed by atoms with Gasteiger partial charge in [0.2, 0.25) is 0 Å². The summed E-state index contributed by atoms with van der Waals surface area (Å²) < 4.78 is 0. The summed E-state index contributed by atoms with van der Waals surface area (Å²) in [5.41, 5.74) is 3.94. The van der Waals surface area contributed by atoms with E-state index in [9.17, 15) is 4.79 Å². The van der Waals surface area contributed by atoms with E-state index in [0.717, 1.165) is 16.7 Å². The molecule has 0 saturated carbocycles. The van der Waals surface area contributed by atoms with Crippen LogP contribution in [-0.2, 0) is 13.1 Å². The van der Waals surface area contributed by atoms with E-state index in [0.29, 0.717) is 18.7 Å². The molecule has 124 valence electrons. The molecule has 2 heteroatoms. The molecule has 2 nitrogen and oxygen atoms in total. The van der Waals surface area contributed by atoms with E-state index in [4.69, 9.17) is 0 Å². The molecule has 0 N–H and O–H groups in total. The predicted molar refractivity (Wildman–Crippen MR) is 103 cm³/mol. The first-order valence-corrected chi connectivity index (χ1v) is 8.36. The second-order valence-corrected chi connectivity index (χ2v) is 5.96. The molecule has 0 aliphatic carbocycles. The Morgan fingerprint density at radius 1 is 0.760 bits per heavy atom. The second kappa shape index (κ2) is 8.11. The molecular formula is C23H21NO. The van der Waals surface area contributed by atoms with E-state index < -0.39 is 0 Å². The van der Waals surface area contributed by atoms with Crippen molar-refractivity contribution in [2.75, 3.05) is 0 Å². The first-order valence-electron chi connectivity index (χ1n) is 8.36. The highest BCUT2D eigenvalue weighted by atomic mass is 16.2. The maximum atomic E-state index is 13.1. The number of nitrogens with zero attached hydrogens (tertiary/aromatic N) is 1. The van der Waals surface area contributed by atoms with Gasteiger partial charge in [0.15, 0.2) is 0 Å². The summed E-state index contributed by atoms with van der Waals surface area (Å²) in [5, 5.41) is 0. The molecule has 3 rings (SSSR count). The average Bonchev–Trinajstić information content (AvgIpc) is 2.68. The van der Waals surface area contributed by atoms with Gasteiger partial charge < -0.3 is 4.90 Å². The molecular weight excluding hydrogens is 306 g/mol. The van der Waals surface area contributed by atoms with Gasteiger partial charge in [-0.3, -0.25) is 4.79 Å². The van der Waals surface area contributed by atoms with E-state index in [2.05, 4.69) is 6.58 Å². The van der Waals surface area contributed by atoms with Gasteiger partial charge in [-0.1, -0.05) is 85.5 Å². The number of hydrogen-bond acceptors (Lipinski definition) is 1. The number of carbonyl (C=O) groups excluding carboxylic acids is 1. The van der Waals surface area contributed by atoms with Crippen molar-refractivity contribution in [2.24, 2.45) is 0 Å². The van der Waals surface area contributed by atoms with Crippen LogP contribution in [0.3, 0.4) is 0 Å². The molecule has 1 amide bonds. The normalized spacial score (nSPS) is 10.2. The van der Waals surface area contributed by atoms with Gasteiger partial charge in [-0.25, -0.2) is 0 Å². The fourth-order valence-corrected chi connectivity index (χ4v) is 2.75. The first kappa shape index (κ1) is 16.7. The van der Waals surface area contributed by atoms with Crippen LogP contribution in [0.1, 0.15) is 27.0 Å². The summed E-state index contributed by atoms with van der Waals surface area (Å²) in [6, 6.07) is 27.7. The van der Waals surface area contributed by atoms with Gasteiger partial charge in [-0.15, -0.1) is 0 Å². The molecule has 0 saturated heterocycles. The van der Waals surface area contributed by atoms with Crippen molar-refractivity contribution in [2.45, 2.75) is 13.1 Å². The van der Waals surface area contributed by atoms with Gasteiger partial charge >= 0.3 is 0 Å². The van der Waals surface area contributed by atoms with Crippen LogP contribution in [0.2, 0.25) is 0 Å². The van der Waals surface area contributed by atoms with E-state index >= 15 is 0 Å². The number of amides is 1. The highest BCUT2D eigenvalue weighted by Crippen LogP contribution is 2.15. The summed E-state index contributed by atoms with van der Waals surface area (Å²) >= 11 is 0. The van der Waals surface area contributed by atoms with Gasteiger partial charge in [-0.05, 0) is 28.8 Å². The van der Waals surface area contributed by atoms with Crippen molar-refractivity contribution in [3.63, 3.8) is 0 Å². The van der Waals surface area contributed by atoms with Crippen LogP contribution in [0.25, 0.3) is 6.08 Å². The number of rotatable bonds is 6. The van der Waals surface area contributed by atoms with Crippen LogP contribution in [0, 0.1) is 0 Å². The summed E-state index contributed by atoms with van der Waals surface area (Å²) in [5.74, 6) is 0.0309. The Kier molecular flexibility index (Phi) is 5.43. The monoisotopic (exact) mass is 327 g/mol. The summed E-state index contributed by atoms with van der Waals surface area (Å²) in [6.45, 7) is 4.92. The van der Waals surface area contributed by atoms with Crippen molar-refractivity contribution in [3.8, 4) is 0 Å². The van der Waals surface area contributed by atoms with Crippen molar-refractivity contribution in [1.29, 1.82) is 0 Å². The van der Waals surface area contributed by atoms with Crippen LogP contribution in [0.15, 0.2) is 91.5 Å². The maximum Gasteiger partial charge on any atom is 0.254 e. The molecule has 0 atom stereocenters. The molecule has 0 radical (unpaired) electrons. The van der Waals surface area contributed by atoms with Crippen LogP contribution in [-0.4, -0.2) is 10.8 Å². The second-order valence-electron chi connectivity index (χ2n) is 5.96. The van der Waals surface area contributed by atoms with Gasteiger partial charge in [0.05, 0.1) is 0 Å². The topological polar surface area (TPSA) is 20.3 Å². The standard InChI is InChI=1S/C23H21NO/c1-2-19-13-15-22(16-14-19)23(25)24(17-20-9-5-3-6-10-20)18-21-11-7-4-8-12-21/h2-16H,1,17-18H2. The Balaban J connectivity index is 1.85. The minimum absolute atomic E-state index is 0.0309. The minimum atomic E-state index is 0.0309. The number of carbonyl (C=O) groups is 1. The third-order valence-electron chi connectivity index (χ3n) is 4.11. The lowest BCUT2D eigenvalue weighted by Crippen LogP contribution is -2.30. The first-order chi connectivity index (χ1) is 12.3. The smallest absolute Gasteiger partial charge is 0.254 e.